The number of esters is 3. The first-order valence-electron chi connectivity index (χ1n) is 35.4. The van der Waals surface area contributed by atoms with Gasteiger partial charge < -0.3 is 14.2 Å². The summed E-state index contributed by atoms with van der Waals surface area (Å²) in [7, 11) is 0. The fraction of sp³-hybridized carbons (Fsp3) is 0.800. The summed E-state index contributed by atoms with van der Waals surface area (Å²) in [6.07, 6.45) is 90.7. The van der Waals surface area contributed by atoms with Gasteiger partial charge in [-0.3, -0.25) is 14.4 Å². The lowest BCUT2D eigenvalue weighted by Gasteiger charge is -2.18. The minimum absolute atomic E-state index is 0.0809. The summed E-state index contributed by atoms with van der Waals surface area (Å²) in [5.74, 6) is -0.882. The molecule has 0 aromatic rings. The van der Waals surface area contributed by atoms with Crippen molar-refractivity contribution in [2.24, 2.45) is 0 Å². The molecule has 0 spiro atoms. The van der Waals surface area contributed by atoms with Gasteiger partial charge in [0, 0.05) is 19.3 Å². The van der Waals surface area contributed by atoms with E-state index >= 15 is 0 Å². The number of allylic oxidation sites excluding steroid dienone is 12. The quantitative estimate of drug-likeness (QED) is 0.0261. The molecule has 0 heterocycles. The molecule has 0 bridgehead atoms. The van der Waals surface area contributed by atoms with Crippen LogP contribution in [0.1, 0.15) is 367 Å². The van der Waals surface area contributed by atoms with E-state index in [1.54, 1.807) is 0 Å². The molecule has 0 fully saturated rings. The number of hydrogen-bond donors (Lipinski definition) is 0. The predicted molar refractivity (Wildman–Crippen MR) is 353 cm³/mol. The van der Waals surface area contributed by atoms with E-state index in [9.17, 15) is 14.4 Å². The third-order valence-corrected chi connectivity index (χ3v) is 15.7. The summed E-state index contributed by atoms with van der Waals surface area (Å²) >= 11 is 0. The summed E-state index contributed by atoms with van der Waals surface area (Å²) in [6.45, 7) is 6.56. The Kier molecular flexibility index (Phi) is 66.6. The SMILES string of the molecule is CC/C=C\C/C=C\C/C=C\C/C=C\CCCCCCC(=O)OC(COC(=O)CCCCCCCCCCCCCCCCCCC)COC(=O)CCCCCCCCCCCCCCCCCCC/C=C\C/C=C\CCCCCCC. The number of ether oxygens (including phenoxy) is 3. The molecule has 6 heteroatoms. The second kappa shape index (κ2) is 69.3. The molecule has 0 radical (unpaired) electrons. The highest BCUT2D eigenvalue weighted by Crippen LogP contribution is 2.18. The first kappa shape index (κ1) is 77.9. The van der Waals surface area contributed by atoms with Crippen LogP contribution in [0.5, 0.6) is 0 Å². The van der Waals surface area contributed by atoms with Gasteiger partial charge in [0.1, 0.15) is 13.2 Å². The highest BCUT2D eigenvalue weighted by atomic mass is 16.6. The number of carbonyl (C=O) groups excluding carboxylic acids is 3. The van der Waals surface area contributed by atoms with Crippen LogP contribution in [0.2, 0.25) is 0 Å². The van der Waals surface area contributed by atoms with E-state index < -0.39 is 6.10 Å². The van der Waals surface area contributed by atoms with E-state index in [2.05, 4.69) is 93.7 Å². The standard InChI is InChI=1S/C75H134O6/c1-4-7-10-13-16-19-22-25-28-31-32-33-34-35-36-37-38-39-40-41-42-45-47-50-53-56-59-62-65-68-74(77)80-71-72(81-75(78)69-66-63-60-57-54-51-48-44-30-27-24-21-18-15-12-9-6-3)70-79-73(76)67-64-61-58-55-52-49-46-43-29-26-23-20-17-14-11-8-5-2/h9,12,18,21-22,25,27,30-32,48,51,72H,4-8,10-11,13-17,19-20,23-24,26,28-29,33-47,49-50,52-71H2,1-3H3/b12-9-,21-18-,25-22-,30-27-,32-31-,51-48-. The summed E-state index contributed by atoms with van der Waals surface area (Å²) in [4.78, 5) is 38.4. The fourth-order valence-electron chi connectivity index (χ4n) is 10.4. The maximum atomic E-state index is 12.9. The first-order valence-corrected chi connectivity index (χ1v) is 35.4. The van der Waals surface area contributed by atoms with Crippen molar-refractivity contribution in [1.82, 2.24) is 0 Å². The van der Waals surface area contributed by atoms with Crippen molar-refractivity contribution in [3.63, 3.8) is 0 Å². The van der Waals surface area contributed by atoms with Gasteiger partial charge in [-0.2, -0.15) is 0 Å². The second-order valence-electron chi connectivity index (χ2n) is 23.8. The maximum absolute atomic E-state index is 12.9. The minimum atomic E-state index is -0.788. The molecular formula is C75H134O6. The Labute approximate surface area is 503 Å². The van der Waals surface area contributed by atoms with Gasteiger partial charge in [0.2, 0.25) is 0 Å². The highest BCUT2D eigenvalue weighted by molar-refractivity contribution is 5.71. The van der Waals surface area contributed by atoms with Crippen LogP contribution in [0.15, 0.2) is 72.9 Å². The first-order chi connectivity index (χ1) is 40.0. The monoisotopic (exact) mass is 1130 g/mol. The van der Waals surface area contributed by atoms with Crippen LogP contribution < -0.4 is 0 Å². The van der Waals surface area contributed by atoms with E-state index in [1.165, 1.54) is 225 Å². The van der Waals surface area contributed by atoms with Crippen molar-refractivity contribution < 1.29 is 28.6 Å². The molecule has 0 aromatic heterocycles. The van der Waals surface area contributed by atoms with E-state index in [1.807, 2.05) is 0 Å². The zero-order valence-electron chi connectivity index (χ0n) is 54.1. The third kappa shape index (κ3) is 67.5. The number of rotatable bonds is 65. The second-order valence-corrected chi connectivity index (χ2v) is 23.8. The Morgan fingerprint density at radius 3 is 0.753 bits per heavy atom. The molecule has 1 atom stereocenters. The van der Waals surface area contributed by atoms with Gasteiger partial charge in [-0.1, -0.05) is 331 Å². The molecule has 0 rings (SSSR count). The summed E-state index contributed by atoms with van der Waals surface area (Å²) in [5.41, 5.74) is 0. The fourth-order valence-corrected chi connectivity index (χ4v) is 10.4. The molecule has 0 aromatic carbocycles. The average molecular weight is 1130 g/mol. The van der Waals surface area contributed by atoms with E-state index in [0.29, 0.717) is 19.3 Å². The van der Waals surface area contributed by atoms with Crippen molar-refractivity contribution in [3.05, 3.63) is 72.9 Å². The molecular weight excluding hydrogens is 997 g/mol. The molecule has 0 saturated carbocycles. The molecule has 0 saturated heterocycles. The zero-order valence-corrected chi connectivity index (χ0v) is 54.1. The average Bonchev–Trinajstić information content (AvgIpc) is 3.47. The molecule has 6 nitrogen and oxygen atoms in total. The van der Waals surface area contributed by atoms with Crippen molar-refractivity contribution >= 4 is 17.9 Å². The van der Waals surface area contributed by atoms with Gasteiger partial charge in [0.05, 0.1) is 0 Å². The normalized spacial score (nSPS) is 12.5. The Hall–Kier alpha value is -3.15. The topological polar surface area (TPSA) is 78.9 Å². The van der Waals surface area contributed by atoms with Gasteiger partial charge in [0.15, 0.2) is 6.10 Å². The summed E-state index contributed by atoms with van der Waals surface area (Å²) in [5, 5.41) is 0. The van der Waals surface area contributed by atoms with Crippen molar-refractivity contribution in [3.8, 4) is 0 Å². The van der Waals surface area contributed by atoms with E-state index in [4.69, 9.17) is 14.2 Å². The molecule has 0 aliphatic heterocycles. The number of unbranched alkanes of at least 4 members (excludes halogenated alkanes) is 42. The van der Waals surface area contributed by atoms with E-state index in [0.717, 1.165) is 103 Å². The molecule has 0 aliphatic carbocycles. The number of hydrogen-bond acceptors (Lipinski definition) is 6. The van der Waals surface area contributed by atoms with Gasteiger partial charge in [0.25, 0.3) is 0 Å². The Bertz CT molecular complexity index is 1490. The van der Waals surface area contributed by atoms with Gasteiger partial charge in [-0.25, -0.2) is 0 Å². The molecule has 0 amide bonds. The Morgan fingerprint density at radius 1 is 0.259 bits per heavy atom. The van der Waals surface area contributed by atoms with Crippen molar-refractivity contribution in [2.75, 3.05) is 13.2 Å². The van der Waals surface area contributed by atoms with Gasteiger partial charge in [-0.15, -0.1) is 0 Å². The largest absolute Gasteiger partial charge is 0.462 e. The summed E-state index contributed by atoms with van der Waals surface area (Å²) in [6, 6.07) is 0. The summed E-state index contributed by atoms with van der Waals surface area (Å²) < 4.78 is 17.0. The van der Waals surface area contributed by atoms with Crippen LogP contribution >= 0.6 is 0 Å². The van der Waals surface area contributed by atoms with Crippen LogP contribution in [-0.4, -0.2) is 37.2 Å². The van der Waals surface area contributed by atoms with Crippen LogP contribution in [0.3, 0.4) is 0 Å². The Morgan fingerprint density at radius 2 is 0.481 bits per heavy atom. The lowest BCUT2D eigenvalue weighted by atomic mass is 10.0. The van der Waals surface area contributed by atoms with Crippen LogP contribution in [0, 0.1) is 0 Å². The van der Waals surface area contributed by atoms with Crippen molar-refractivity contribution in [2.45, 2.75) is 374 Å². The van der Waals surface area contributed by atoms with Crippen LogP contribution in [-0.2, 0) is 28.6 Å². The lowest BCUT2D eigenvalue weighted by molar-refractivity contribution is -0.167. The molecule has 81 heavy (non-hydrogen) atoms. The smallest absolute Gasteiger partial charge is 0.306 e. The predicted octanol–water partition coefficient (Wildman–Crippen LogP) is 24.4. The number of carbonyl (C=O) groups is 3. The third-order valence-electron chi connectivity index (χ3n) is 15.7. The Balaban J connectivity index is 4.26. The molecule has 1 unspecified atom stereocenters. The van der Waals surface area contributed by atoms with Crippen LogP contribution in [0.25, 0.3) is 0 Å². The minimum Gasteiger partial charge on any atom is -0.462 e. The highest BCUT2D eigenvalue weighted by Gasteiger charge is 2.19. The van der Waals surface area contributed by atoms with Crippen LogP contribution in [0.4, 0.5) is 0 Å². The van der Waals surface area contributed by atoms with Gasteiger partial charge >= 0.3 is 17.9 Å². The molecule has 0 N–H and O–H groups in total. The maximum Gasteiger partial charge on any atom is 0.306 e. The molecule has 470 valence electrons. The van der Waals surface area contributed by atoms with E-state index in [-0.39, 0.29) is 31.1 Å². The lowest BCUT2D eigenvalue weighted by Crippen LogP contribution is -2.30. The van der Waals surface area contributed by atoms with Gasteiger partial charge in [-0.05, 0) is 89.9 Å². The molecule has 0 aliphatic rings. The van der Waals surface area contributed by atoms with Crippen molar-refractivity contribution in [1.29, 1.82) is 0 Å². The zero-order chi connectivity index (χ0) is 58.5.